The second kappa shape index (κ2) is 5.17. The lowest BCUT2D eigenvalue weighted by Crippen LogP contribution is -2.28. The van der Waals surface area contributed by atoms with E-state index in [9.17, 15) is 21.6 Å². The van der Waals surface area contributed by atoms with Crippen LogP contribution < -0.4 is 0 Å². The van der Waals surface area contributed by atoms with Gasteiger partial charge in [-0.1, -0.05) is 0 Å². The molecule has 1 aromatic heterocycles. The Balaban J connectivity index is 2.31. The molecule has 0 aromatic carbocycles. The van der Waals surface area contributed by atoms with Crippen molar-refractivity contribution < 1.29 is 21.6 Å². The lowest BCUT2D eigenvalue weighted by Gasteiger charge is -2.16. The fourth-order valence-corrected chi connectivity index (χ4v) is 3.03. The normalized spacial score (nSPS) is 16.8. The molecule has 0 amide bonds. The van der Waals surface area contributed by atoms with E-state index in [0.717, 1.165) is 10.5 Å². The number of aliphatic imine (C=N–C) groups is 1. The topological polar surface area (TPSA) is 67.6 Å². The van der Waals surface area contributed by atoms with Crippen molar-refractivity contribution in [1.82, 2.24) is 13.9 Å². The van der Waals surface area contributed by atoms with Gasteiger partial charge in [-0.2, -0.15) is 21.6 Å². The fraction of sp³-hybridized carbons (Fsp3) is 0.455. The van der Waals surface area contributed by atoms with E-state index in [2.05, 4.69) is 9.98 Å². The standard InChI is InChI=1S/C11H13F3N4O2S/c1-8-16-10(7-17(8)2)21(19,20)18-5-3-9(11(12,13)14)15-4-6-18/h3,5,7H,4,6H2,1-2H3. The molecule has 0 bridgehead atoms. The Morgan fingerprint density at radius 2 is 2.00 bits per heavy atom. The Kier molecular flexibility index (Phi) is 3.83. The van der Waals surface area contributed by atoms with Crippen LogP contribution in [-0.4, -0.2) is 47.3 Å². The highest BCUT2D eigenvalue weighted by molar-refractivity contribution is 7.89. The van der Waals surface area contributed by atoms with Gasteiger partial charge in [-0.3, -0.25) is 9.30 Å². The van der Waals surface area contributed by atoms with Gasteiger partial charge in [0.2, 0.25) is 0 Å². The number of allylic oxidation sites excluding steroid dienone is 1. The van der Waals surface area contributed by atoms with Crippen LogP contribution in [0, 0.1) is 6.92 Å². The molecule has 0 atom stereocenters. The van der Waals surface area contributed by atoms with Crippen molar-refractivity contribution in [2.75, 3.05) is 13.1 Å². The summed E-state index contributed by atoms with van der Waals surface area (Å²) < 4.78 is 64.7. The van der Waals surface area contributed by atoms with Crippen molar-refractivity contribution in [2.24, 2.45) is 12.0 Å². The van der Waals surface area contributed by atoms with Crippen LogP contribution >= 0.6 is 0 Å². The highest BCUT2D eigenvalue weighted by atomic mass is 32.2. The summed E-state index contributed by atoms with van der Waals surface area (Å²) in [5, 5.41) is -0.206. The zero-order chi connectivity index (χ0) is 15.8. The minimum atomic E-state index is -4.60. The summed E-state index contributed by atoms with van der Waals surface area (Å²) in [6, 6.07) is 0. The second-order valence-electron chi connectivity index (χ2n) is 4.43. The van der Waals surface area contributed by atoms with Gasteiger partial charge in [-0.15, -0.1) is 0 Å². The molecular weight excluding hydrogens is 309 g/mol. The maximum absolute atomic E-state index is 12.6. The van der Waals surface area contributed by atoms with Crippen molar-refractivity contribution in [3.8, 4) is 0 Å². The van der Waals surface area contributed by atoms with E-state index >= 15 is 0 Å². The minimum Gasteiger partial charge on any atom is -0.337 e. The van der Waals surface area contributed by atoms with E-state index in [4.69, 9.17) is 0 Å². The molecule has 1 aliphatic rings. The summed E-state index contributed by atoms with van der Waals surface area (Å²) >= 11 is 0. The van der Waals surface area contributed by atoms with Crippen molar-refractivity contribution in [2.45, 2.75) is 18.1 Å². The summed E-state index contributed by atoms with van der Waals surface area (Å²) in [7, 11) is -2.35. The van der Waals surface area contributed by atoms with E-state index < -0.39 is 21.9 Å². The van der Waals surface area contributed by atoms with Gasteiger partial charge in [0.25, 0.3) is 10.0 Å². The van der Waals surface area contributed by atoms with Crippen LogP contribution in [0.1, 0.15) is 5.82 Å². The number of aryl methyl sites for hydroxylation is 2. The Bertz CT molecular complexity index is 684. The average molecular weight is 322 g/mol. The van der Waals surface area contributed by atoms with Crippen LogP contribution in [0.4, 0.5) is 13.2 Å². The Labute approximate surface area is 119 Å². The molecule has 0 radical (unpaired) electrons. The van der Waals surface area contributed by atoms with Crippen molar-refractivity contribution in [3.63, 3.8) is 0 Å². The van der Waals surface area contributed by atoms with E-state index in [1.807, 2.05) is 0 Å². The summed E-state index contributed by atoms with van der Waals surface area (Å²) in [5.41, 5.74) is -1.10. The zero-order valence-corrected chi connectivity index (χ0v) is 12.1. The van der Waals surface area contributed by atoms with Gasteiger partial charge < -0.3 is 4.57 Å². The number of aromatic nitrogens is 2. The molecule has 1 aliphatic heterocycles. The van der Waals surface area contributed by atoms with Crippen LogP contribution in [0.3, 0.4) is 0 Å². The first-order valence-corrected chi connectivity index (χ1v) is 7.38. The van der Waals surface area contributed by atoms with Crippen LogP contribution in [0.15, 0.2) is 28.5 Å². The Morgan fingerprint density at radius 1 is 1.33 bits per heavy atom. The van der Waals surface area contributed by atoms with Crippen molar-refractivity contribution in [1.29, 1.82) is 0 Å². The molecule has 116 valence electrons. The number of nitrogens with zero attached hydrogens (tertiary/aromatic N) is 4. The highest BCUT2D eigenvalue weighted by Gasteiger charge is 2.35. The SMILES string of the molecule is Cc1nc(S(=O)(=O)N2C=CC(C(F)(F)F)=NCC2)cn1C. The molecule has 0 unspecified atom stereocenters. The molecule has 0 aliphatic carbocycles. The van der Waals surface area contributed by atoms with Crippen LogP contribution in [0.25, 0.3) is 0 Å². The Hall–Kier alpha value is -1.84. The van der Waals surface area contributed by atoms with Crippen LogP contribution in [0.5, 0.6) is 0 Å². The van der Waals surface area contributed by atoms with E-state index in [0.29, 0.717) is 11.9 Å². The number of hydrogen-bond acceptors (Lipinski definition) is 4. The quantitative estimate of drug-likeness (QED) is 0.823. The monoisotopic (exact) mass is 322 g/mol. The second-order valence-corrected chi connectivity index (χ2v) is 6.27. The number of halogens is 3. The maximum Gasteiger partial charge on any atom is 0.432 e. The predicted molar refractivity (Wildman–Crippen MR) is 69.3 cm³/mol. The van der Waals surface area contributed by atoms with E-state index in [-0.39, 0.29) is 18.1 Å². The number of imidazole rings is 1. The summed E-state index contributed by atoms with van der Waals surface area (Å²) in [5.74, 6) is 0.486. The van der Waals surface area contributed by atoms with Gasteiger partial charge in [-0.05, 0) is 13.0 Å². The third kappa shape index (κ3) is 3.09. The average Bonchev–Trinajstić information content (AvgIpc) is 2.61. The lowest BCUT2D eigenvalue weighted by atomic mass is 10.3. The van der Waals surface area contributed by atoms with Crippen LogP contribution in [0.2, 0.25) is 0 Å². The highest BCUT2D eigenvalue weighted by Crippen LogP contribution is 2.21. The van der Waals surface area contributed by atoms with Crippen molar-refractivity contribution in [3.05, 3.63) is 24.3 Å². The van der Waals surface area contributed by atoms with Gasteiger partial charge >= 0.3 is 6.18 Å². The van der Waals surface area contributed by atoms with Gasteiger partial charge in [0.05, 0.1) is 13.1 Å². The van der Waals surface area contributed by atoms with Crippen molar-refractivity contribution >= 4 is 15.7 Å². The fourth-order valence-electron chi connectivity index (χ4n) is 1.71. The van der Waals surface area contributed by atoms with Gasteiger partial charge in [0.15, 0.2) is 5.03 Å². The zero-order valence-electron chi connectivity index (χ0n) is 11.3. The van der Waals surface area contributed by atoms with E-state index in [1.54, 1.807) is 14.0 Å². The molecule has 1 aromatic rings. The predicted octanol–water partition coefficient (Wildman–Crippen LogP) is 1.25. The van der Waals surface area contributed by atoms with Gasteiger partial charge in [0, 0.05) is 19.4 Å². The molecule has 0 saturated carbocycles. The first-order valence-electron chi connectivity index (χ1n) is 5.94. The molecule has 2 heterocycles. The first-order chi connectivity index (χ1) is 9.62. The number of rotatable bonds is 2. The third-order valence-corrected chi connectivity index (χ3v) is 4.60. The molecule has 0 N–H and O–H groups in total. The summed E-state index contributed by atoms with van der Waals surface area (Å²) in [6.45, 7) is 1.18. The molecule has 2 rings (SSSR count). The number of alkyl halides is 3. The Morgan fingerprint density at radius 3 is 2.52 bits per heavy atom. The van der Waals surface area contributed by atoms with Crippen LogP contribution in [-0.2, 0) is 17.1 Å². The first kappa shape index (κ1) is 15.5. The smallest absolute Gasteiger partial charge is 0.337 e. The number of sulfonamides is 1. The summed E-state index contributed by atoms with van der Waals surface area (Å²) in [6.07, 6.45) is -1.76. The molecule has 21 heavy (non-hydrogen) atoms. The molecule has 0 spiro atoms. The molecule has 0 saturated heterocycles. The third-order valence-electron chi connectivity index (χ3n) is 2.95. The largest absolute Gasteiger partial charge is 0.432 e. The minimum absolute atomic E-state index is 0.173. The molecule has 6 nitrogen and oxygen atoms in total. The van der Waals surface area contributed by atoms with Gasteiger partial charge in [0.1, 0.15) is 11.5 Å². The molecular formula is C11H13F3N4O2S. The molecule has 10 heteroatoms. The molecule has 0 fully saturated rings. The van der Waals surface area contributed by atoms with Gasteiger partial charge in [-0.25, -0.2) is 4.98 Å². The summed E-state index contributed by atoms with van der Waals surface area (Å²) in [4.78, 5) is 7.24. The maximum atomic E-state index is 12.6. The number of hydrogen-bond donors (Lipinski definition) is 0. The lowest BCUT2D eigenvalue weighted by molar-refractivity contribution is -0.0578. The van der Waals surface area contributed by atoms with E-state index in [1.165, 1.54) is 10.8 Å².